The number of rotatable bonds is 0. The SMILES string of the molecule is N#C[C]1CC[CH]CC1. The van der Waals surface area contributed by atoms with E-state index in [0.29, 0.717) is 0 Å². The molecule has 2 radical (unpaired) electrons. The summed E-state index contributed by atoms with van der Waals surface area (Å²) in [7, 11) is 0. The van der Waals surface area contributed by atoms with Crippen molar-refractivity contribution in [2.75, 3.05) is 0 Å². The first kappa shape index (κ1) is 5.62. The van der Waals surface area contributed by atoms with Crippen molar-refractivity contribution in [1.29, 1.82) is 5.26 Å². The molecule has 0 aromatic heterocycles. The van der Waals surface area contributed by atoms with Crippen LogP contribution in [0, 0.1) is 23.7 Å². The zero-order valence-electron chi connectivity index (χ0n) is 4.85. The molecular weight excluding hydrogens is 98.1 g/mol. The van der Waals surface area contributed by atoms with Gasteiger partial charge in [-0.1, -0.05) is 0 Å². The second-order valence-electron chi connectivity index (χ2n) is 2.08. The van der Waals surface area contributed by atoms with Crippen LogP contribution in [0.2, 0.25) is 0 Å². The van der Waals surface area contributed by atoms with Gasteiger partial charge in [0.15, 0.2) is 0 Å². The molecule has 0 N–H and O–H groups in total. The van der Waals surface area contributed by atoms with Gasteiger partial charge in [0.1, 0.15) is 0 Å². The van der Waals surface area contributed by atoms with E-state index in [1.165, 1.54) is 0 Å². The molecular formula is C7H9N. The molecule has 1 aliphatic carbocycles. The summed E-state index contributed by atoms with van der Waals surface area (Å²) in [5, 5.41) is 8.39. The van der Waals surface area contributed by atoms with Gasteiger partial charge in [-0.2, -0.15) is 5.26 Å². The third-order valence-corrected chi connectivity index (χ3v) is 1.46. The molecule has 0 bridgehead atoms. The fraction of sp³-hybridized carbons (Fsp3) is 0.571. The minimum Gasteiger partial charge on any atom is -0.198 e. The van der Waals surface area contributed by atoms with Crippen molar-refractivity contribution < 1.29 is 0 Å². The summed E-state index contributed by atoms with van der Waals surface area (Å²) >= 11 is 0. The Morgan fingerprint density at radius 2 is 2.00 bits per heavy atom. The topological polar surface area (TPSA) is 23.8 Å². The Kier molecular flexibility index (Phi) is 1.91. The van der Waals surface area contributed by atoms with Gasteiger partial charge in [0.05, 0.1) is 12.0 Å². The van der Waals surface area contributed by atoms with Crippen molar-refractivity contribution in [2.24, 2.45) is 0 Å². The van der Waals surface area contributed by atoms with Crippen LogP contribution in [0.3, 0.4) is 0 Å². The Hall–Kier alpha value is -0.510. The van der Waals surface area contributed by atoms with Crippen LogP contribution in [-0.4, -0.2) is 0 Å². The van der Waals surface area contributed by atoms with Crippen LogP contribution in [0.25, 0.3) is 0 Å². The summed E-state index contributed by atoms with van der Waals surface area (Å²) in [6, 6.07) is 2.20. The average molecular weight is 107 g/mol. The van der Waals surface area contributed by atoms with Crippen LogP contribution < -0.4 is 0 Å². The molecule has 1 nitrogen and oxygen atoms in total. The molecule has 1 rings (SSSR count). The average Bonchev–Trinajstić information content (AvgIpc) is 1.90. The van der Waals surface area contributed by atoms with Crippen LogP contribution in [0.15, 0.2) is 0 Å². The third-order valence-electron chi connectivity index (χ3n) is 1.46. The van der Waals surface area contributed by atoms with Crippen molar-refractivity contribution in [3.63, 3.8) is 0 Å². The van der Waals surface area contributed by atoms with E-state index in [-0.39, 0.29) is 0 Å². The lowest BCUT2D eigenvalue weighted by molar-refractivity contribution is 0.667. The quantitative estimate of drug-likeness (QED) is 0.463. The maximum atomic E-state index is 8.39. The molecule has 8 heavy (non-hydrogen) atoms. The summed E-state index contributed by atoms with van der Waals surface area (Å²) in [6.45, 7) is 0. The molecule has 0 unspecified atom stereocenters. The van der Waals surface area contributed by atoms with Crippen LogP contribution in [-0.2, 0) is 0 Å². The van der Waals surface area contributed by atoms with Gasteiger partial charge in [0.25, 0.3) is 0 Å². The molecule has 42 valence electrons. The Bertz CT molecular complexity index is 95.4. The normalized spacial score (nSPS) is 22.4. The fourth-order valence-electron chi connectivity index (χ4n) is 0.934. The zero-order chi connectivity index (χ0) is 5.82. The summed E-state index contributed by atoms with van der Waals surface area (Å²) in [6.07, 6.45) is 6.50. The first-order valence-electron chi connectivity index (χ1n) is 3.00. The van der Waals surface area contributed by atoms with Gasteiger partial charge in [0, 0.05) is 0 Å². The monoisotopic (exact) mass is 107 g/mol. The molecule has 0 aromatic carbocycles. The van der Waals surface area contributed by atoms with Gasteiger partial charge in [-0.25, -0.2) is 0 Å². The fourth-order valence-corrected chi connectivity index (χ4v) is 0.934. The lowest BCUT2D eigenvalue weighted by Crippen LogP contribution is -2.00. The standard InChI is InChI=1S/C7H9N/c8-6-7-4-2-1-3-5-7/h1H,2-5H2. The highest BCUT2D eigenvalue weighted by atomic mass is 14.3. The molecule has 1 aliphatic rings. The predicted octanol–water partition coefficient (Wildman–Crippen LogP) is 1.86. The maximum absolute atomic E-state index is 8.39. The Labute approximate surface area is 50.3 Å². The van der Waals surface area contributed by atoms with E-state index < -0.39 is 0 Å². The first-order valence-corrected chi connectivity index (χ1v) is 3.00. The predicted molar refractivity (Wildman–Crippen MR) is 31.6 cm³/mol. The number of hydrogen-bond acceptors (Lipinski definition) is 1. The maximum Gasteiger partial charge on any atom is 0.0760 e. The van der Waals surface area contributed by atoms with E-state index in [4.69, 9.17) is 5.26 Å². The smallest absolute Gasteiger partial charge is 0.0760 e. The van der Waals surface area contributed by atoms with Crippen LogP contribution in [0.5, 0.6) is 0 Å². The molecule has 0 aromatic rings. The minimum absolute atomic E-state index is 1.01. The van der Waals surface area contributed by atoms with E-state index >= 15 is 0 Å². The lowest BCUT2D eigenvalue weighted by Gasteiger charge is -2.12. The second kappa shape index (κ2) is 2.71. The molecule has 0 amide bonds. The summed E-state index contributed by atoms with van der Waals surface area (Å²) in [4.78, 5) is 0. The highest BCUT2D eigenvalue weighted by Crippen LogP contribution is 2.23. The van der Waals surface area contributed by atoms with Gasteiger partial charge in [-0.15, -0.1) is 0 Å². The van der Waals surface area contributed by atoms with Crippen molar-refractivity contribution >= 4 is 0 Å². The molecule has 0 spiro atoms. The summed E-state index contributed by atoms with van der Waals surface area (Å²) in [5.41, 5.74) is 0. The molecule has 1 heteroatoms. The van der Waals surface area contributed by atoms with E-state index in [2.05, 4.69) is 12.5 Å². The Morgan fingerprint density at radius 3 is 2.38 bits per heavy atom. The highest BCUT2D eigenvalue weighted by Gasteiger charge is 2.11. The number of nitriles is 1. The summed E-state index contributed by atoms with van der Waals surface area (Å²) < 4.78 is 0. The van der Waals surface area contributed by atoms with Gasteiger partial charge < -0.3 is 0 Å². The Balaban J connectivity index is 2.25. The third kappa shape index (κ3) is 1.23. The molecule has 0 aliphatic heterocycles. The molecule has 0 atom stereocenters. The second-order valence-corrected chi connectivity index (χ2v) is 2.08. The Morgan fingerprint density at radius 1 is 1.38 bits per heavy atom. The minimum atomic E-state index is 1.01. The van der Waals surface area contributed by atoms with E-state index in [0.717, 1.165) is 31.6 Å². The van der Waals surface area contributed by atoms with Gasteiger partial charge in [-0.3, -0.25) is 0 Å². The lowest BCUT2D eigenvalue weighted by atomic mass is 9.91. The van der Waals surface area contributed by atoms with Gasteiger partial charge in [-0.05, 0) is 32.1 Å². The zero-order valence-corrected chi connectivity index (χ0v) is 4.85. The van der Waals surface area contributed by atoms with E-state index in [1.54, 1.807) is 0 Å². The largest absolute Gasteiger partial charge is 0.198 e. The van der Waals surface area contributed by atoms with Crippen LogP contribution >= 0.6 is 0 Å². The molecule has 1 fully saturated rings. The number of nitrogens with zero attached hydrogens (tertiary/aromatic N) is 1. The van der Waals surface area contributed by atoms with Crippen molar-refractivity contribution in [2.45, 2.75) is 25.7 Å². The van der Waals surface area contributed by atoms with Gasteiger partial charge in [0.2, 0.25) is 0 Å². The van der Waals surface area contributed by atoms with Crippen molar-refractivity contribution in [1.82, 2.24) is 0 Å². The van der Waals surface area contributed by atoms with Crippen LogP contribution in [0.1, 0.15) is 25.7 Å². The van der Waals surface area contributed by atoms with Crippen LogP contribution in [0.4, 0.5) is 0 Å². The summed E-state index contributed by atoms with van der Waals surface area (Å²) in [5.74, 6) is 1.08. The molecule has 1 saturated carbocycles. The van der Waals surface area contributed by atoms with Crippen molar-refractivity contribution in [3.8, 4) is 6.07 Å². The first-order chi connectivity index (χ1) is 3.93. The molecule has 0 saturated heterocycles. The van der Waals surface area contributed by atoms with E-state index in [1.807, 2.05) is 0 Å². The highest BCUT2D eigenvalue weighted by molar-refractivity contribution is 5.13. The number of hydrogen-bond donors (Lipinski definition) is 0. The van der Waals surface area contributed by atoms with E-state index in [9.17, 15) is 0 Å². The van der Waals surface area contributed by atoms with Crippen molar-refractivity contribution in [3.05, 3.63) is 12.3 Å². The molecule has 0 heterocycles. The van der Waals surface area contributed by atoms with Gasteiger partial charge >= 0.3 is 0 Å².